The molecule has 0 spiro atoms. The van der Waals surface area contributed by atoms with Gasteiger partial charge in [-0.15, -0.1) is 0 Å². The number of hydrogen-bond donors (Lipinski definition) is 2. The third kappa shape index (κ3) is 4.14. The van der Waals surface area contributed by atoms with Crippen molar-refractivity contribution < 1.29 is 4.74 Å². The normalized spacial score (nSPS) is 12.0. The number of para-hydroxylation sites is 2. The van der Waals surface area contributed by atoms with Gasteiger partial charge in [0.15, 0.2) is 0 Å². The predicted molar refractivity (Wildman–Crippen MR) is 113 cm³/mol. The van der Waals surface area contributed by atoms with E-state index in [0.29, 0.717) is 0 Å². The van der Waals surface area contributed by atoms with Crippen LogP contribution >= 0.6 is 0 Å². The van der Waals surface area contributed by atoms with Crippen LogP contribution in [0.3, 0.4) is 0 Å². The topological polar surface area (TPSA) is 40.8 Å². The van der Waals surface area contributed by atoms with Gasteiger partial charge >= 0.3 is 0 Å². The maximum absolute atomic E-state index is 5.47. The number of rotatable bonds is 8. The van der Waals surface area contributed by atoms with Crippen LogP contribution in [0, 0.1) is 0 Å². The molecular weight excluding hydrogens is 332 g/mol. The maximum Gasteiger partial charge on any atom is 0.0861 e. The van der Waals surface area contributed by atoms with E-state index < -0.39 is 0 Å². The van der Waals surface area contributed by atoms with Crippen molar-refractivity contribution in [1.29, 1.82) is 0 Å². The third-order valence-corrected chi connectivity index (χ3v) is 4.86. The largest absolute Gasteiger partial charge is 0.473 e. The summed E-state index contributed by atoms with van der Waals surface area (Å²) in [5.41, 5.74) is 5.10. The molecule has 0 aliphatic heterocycles. The van der Waals surface area contributed by atoms with E-state index in [1.165, 1.54) is 32.9 Å². The van der Waals surface area contributed by atoms with Crippen LogP contribution in [0.25, 0.3) is 21.8 Å². The standard InChI is InChI=1S/C24H24N2O/c1-3-13-23-21(11-1)19(17-25-23)9-5-7-15-27-16-8-6-10-20-18-26-24-14-4-2-12-22(20)24/h1-4,7-8,11-18,25-26H,5-6,9-10H2. The van der Waals surface area contributed by atoms with Gasteiger partial charge in [-0.05, 0) is 61.1 Å². The van der Waals surface area contributed by atoms with Crippen LogP contribution in [0.15, 0.2) is 85.6 Å². The molecule has 0 aliphatic rings. The van der Waals surface area contributed by atoms with E-state index in [1.54, 1.807) is 12.5 Å². The van der Waals surface area contributed by atoms with Crippen molar-refractivity contribution in [3.63, 3.8) is 0 Å². The highest BCUT2D eigenvalue weighted by molar-refractivity contribution is 5.83. The predicted octanol–water partition coefficient (Wildman–Crippen LogP) is 6.26. The van der Waals surface area contributed by atoms with Crippen molar-refractivity contribution in [1.82, 2.24) is 9.97 Å². The summed E-state index contributed by atoms with van der Waals surface area (Å²) in [4.78, 5) is 6.63. The molecule has 3 heteroatoms. The van der Waals surface area contributed by atoms with E-state index in [2.05, 4.69) is 83.0 Å². The minimum Gasteiger partial charge on any atom is -0.473 e. The highest BCUT2D eigenvalue weighted by Gasteiger charge is 2.01. The number of aromatic nitrogens is 2. The van der Waals surface area contributed by atoms with Crippen molar-refractivity contribution in [2.45, 2.75) is 25.7 Å². The summed E-state index contributed by atoms with van der Waals surface area (Å²) in [7, 11) is 0. The molecular formula is C24H24N2O. The minimum atomic E-state index is 0.963. The Morgan fingerprint density at radius 1 is 0.667 bits per heavy atom. The molecule has 0 saturated heterocycles. The Kier molecular flexibility index (Phi) is 5.39. The molecule has 0 radical (unpaired) electrons. The van der Waals surface area contributed by atoms with E-state index in [9.17, 15) is 0 Å². The monoisotopic (exact) mass is 356 g/mol. The Balaban J connectivity index is 1.18. The molecule has 2 aromatic carbocycles. The van der Waals surface area contributed by atoms with Crippen LogP contribution in [0.4, 0.5) is 0 Å². The lowest BCUT2D eigenvalue weighted by molar-refractivity contribution is 0.398. The van der Waals surface area contributed by atoms with Gasteiger partial charge in [0, 0.05) is 34.2 Å². The van der Waals surface area contributed by atoms with Gasteiger partial charge in [0.1, 0.15) is 0 Å². The summed E-state index contributed by atoms with van der Waals surface area (Å²) in [5.74, 6) is 0. The Labute approximate surface area is 159 Å². The Hall–Kier alpha value is -3.20. The summed E-state index contributed by atoms with van der Waals surface area (Å²) in [6, 6.07) is 16.8. The minimum absolute atomic E-state index is 0.963. The van der Waals surface area contributed by atoms with E-state index in [4.69, 9.17) is 4.74 Å². The molecule has 0 saturated carbocycles. The second kappa shape index (κ2) is 8.45. The van der Waals surface area contributed by atoms with Crippen molar-refractivity contribution in [2.75, 3.05) is 0 Å². The summed E-state index contributed by atoms with van der Waals surface area (Å²) >= 11 is 0. The molecule has 2 N–H and O–H groups in total. The van der Waals surface area contributed by atoms with Crippen LogP contribution in [0.1, 0.15) is 24.0 Å². The van der Waals surface area contributed by atoms with Gasteiger partial charge in [-0.2, -0.15) is 0 Å². The quantitative estimate of drug-likeness (QED) is 0.359. The summed E-state index contributed by atoms with van der Waals surface area (Å²) in [6.45, 7) is 0. The van der Waals surface area contributed by atoms with Gasteiger partial charge in [0.25, 0.3) is 0 Å². The number of H-pyrrole nitrogens is 2. The summed E-state index contributed by atoms with van der Waals surface area (Å²) < 4.78 is 5.47. The highest BCUT2D eigenvalue weighted by Crippen LogP contribution is 2.20. The lowest BCUT2D eigenvalue weighted by Crippen LogP contribution is -1.81. The number of benzene rings is 2. The second-order valence-corrected chi connectivity index (χ2v) is 6.68. The first kappa shape index (κ1) is 17.2. The zero-order valence-electron chi connectivity index (χ0n) is 15.3. The first-order valence-electron chi connectivity index (χ1n) is 9.47. The average Bonchev–Trinajstić information content (AvgIpc) is 3.31. The summed E-state index contributed by atoms with van der Waals surface area (Å²) in [6.07, 6.45) is 15.8. The first-order valence-corrected chi connectivity index (χ1v) is 9.47. The maximum atomic E-state index is 5.47. The Bertz CT molecular complexity index is 982. The molecule has 0 amide bonds. The fourth-order valence-electron chi connectivity index (χ4n) is 3.45. The van der Waals surface area contributed by atoms with Crippen LogP contribution in [0.2, 0.25) is 0 Å². The number of aryl methyl sites for hydroxylation is 2. The molecule has 2 aromatic heterocycles. The highest BCUT2D eigenvalue weighted by atomic mass is 16.5. The van der Waals surface area contributed by atoms with Crippen molar-refractivity contribution in [2.24, 2.45) is 0 Å². The number of hydrogen-bond acceptors (Lipinski definition) is 1. The number of fused-ring (bicyclic) bond motifs is 2. The zero-order chi connectivity index (χ0) is 18.3. The lowest BCUT2D eigenvalue weighted by Gasteiger charge is -1.97. The molecule has 4 aromatic rings. The average molecular weight is 356 g/mol. The van der Waals surface area contributed by atoms with E-state index in [1.807, 2.05) is 0 Å². The molecule has 27 heavy (non-hydrogen) atoms. The molecule has 0 aliphatic carbocycles. The third-order valence-electron chi connectivity index (χ3n) is 4.86. The molecule has 136 valence electrons. The van der Waals surface area contributed by atoms with Gasteiger partial charge in [-0.25, -0.2) is 0 Å². The van der Waals surface area contributed by atoms with E-state index in [-0.39, 0.29) is 0 Å². The summed E-state index contributed by atoms with van der Waals surface area (Å²) in [5, 5.41) is 2.62. The molecule has 0 atom stereocenters. The van der Waals surface area contributed by atoms with Crippen LogP contribution in [-0.4, -0.2) is 9.97 Å². The van der Waals surface area contributed by atoms with Gasteiger partial charge < -0.3 is 14.7 Å². The molecule has 0 unspecified atom stereocenters. The molecule has 4 rings (SSSR count). The lowest BCUT2D eigenvalue weighted by atomic mass is 10.1. The van der Waals surface area contributed by atoms with Crippen LogP contribution in [-0.2, 0) is 17.6 Å². The SMILES string of the molecule is C(=COC=CCCc1c[nH]c2ccccc12)CCc1c[nH]c2ccccc12. The first-order chi connectivity index (χ1) is 13.4. The van der Waals surface area contributed by atoms with Crippen LogP contribution in [0.5, 0.6) is 0 Å². The molecule has 3 nitrogen and oxygen atoms in total. The smallest absolute Gasteiger partial charge is 0.0861 e. The fourth-order valence-corrected chi connectivity index (χ4v) is 3.45. The number of ether oxygens (including phenoxy) is 1. The second-order valence-electron chi connectivity index (χ2n) is 6.68. The van der Waals surface area contributed by atoms with E-state index >= 15 is 0 Å². The van der Waals surface area contributed by atoms with Crippen LogP contribution < -0.4 is 0 Å². The van der Waals surface area contributed by atoms with Gasteiger partial charge in [-0.3, -0.25) is 0 Å². The van der Waals surface area contributed by atoms with Crippen molar-refractivity contribution in [3.8, 4) is 0 Å². The Morgan fingerprint density at radius 3 is 1.67 bits per heavy atom. The zero-order valence-corrected chi connectivity index (χ0v) is 15.3. The van der Waals surface area contributed by atoms with Gasteiger partial charge in [0.2, 0.25) is 0 Å². The van der Waals surface area contributed by atoms with Gasteiger partial charge in [-0.1, -0.05) is 36.4 Å². The number of allylic oxidation sites excluding steroid dienone is 2. The number of nitrogens with one attached hydrogen (secondary N) is 2. The van der Waals surface area contributed by atoms with Crippen molar-refractivity contribution in [3.05, 3.63) is 96.7 Å². The molecule has 0 bridgehead atoms. The molecule has 2 heterocycles. The molecule has 0 fully saturated rings. The number of aromatic amines is 2. The Morgan fingerprint density at radius 2 is 1.15 bits per heavy atom. The fraction of sp³-hybridized carbons (Fsp3) is 0.167. The van der Waals surface area contributed by atoms with Crippen molar-refractivity contribution >= 4 is 21.8 Å². The van der Waals surface area contributed by atoms with E-state index in [0.717, 1.165) is 25.7 Å². The van der Waals surface area contributed by atoms with Gasteiger partial charge in [0.05, 0.1) is 12.5 Å².